The second-order valence-corrected chi connectivity index (χ2v) is 7.80. The molecule has 0 radical (unpaired) electrons. The van der Waals surface area contributed by atoms with Gasteiger partial charge in [0.1, 0.15) is 5.75 Å². The van der Waals surface area contributed by atoms with Crippen LogP contribution in [0.3, 0.4) is 0 Å². The fourth-order valence-electron chi connectivity index (χ4n) is 3.28. The monoisotopic (exact) mass is 396 g/mol. The van der Waals surface area contributed by atoms with Crippen molar-refractivity contribution in [1.82, 2.24) is 4.57 Å². The lowest BCUT2D eigenvalue weighted by atomic mass is 10.1. The smallest absolute Gasteiger partial charge is 0.221 e. The van der Waals surface area contributed by atoms with Gasteiger partial charge in [0.15, 0.2) is 6.61 Å². The lowest BCUT2D eigenvalue weighted by Gasteiger charge is -2.10. The summed E-state index contributed by atoms with van der Waals surface area (Å²) in [7, 11) is 0. The van der Waals surface area contributed by atoms with E-state index in [1.165, 1.54) is 4.88 Å². The van der Waals surface area contributed by atoms with Gasteiger partial charge in [0.05, 0.1) is 6.42 Å². The van der Waals surface area contributed by atoms with Crippen molar-refractivity contribution in [3.05, 3.63) is 75.2 Å². The molecule has 2 N–H and O–H groups in total. The number of thiophene rings is 1. The number of Topliss-reactive ketones (excluding diaryl/α,β-unsaturated/α-hetero) is 1. The van der Waals surface area contributed by atoms with Crippen LogP contribution in [0, 0.1) is 13.8 Å². The van der Waals surface area contributed by atoms with Gasteiger partial charge < -0.3 is 15.0 Å². The van der Waals surface area contributed by atoms with Gasteiger partial charge in [-0.1, -0.05) is 18.2 Å². The maximum atomic E-state index is 12.7. The van der Waals surface area contributed by atoms with Gasteiger partial charge in [-0.15, -0.1) is 11.3 Å². The Labute approximate surface area is 168 Å². The highest BCUT2D eigenvalue weighted by Gasteiger charge is 2.16. The Morgan fingerprint density at radius 1 is 1.14 bits per heavy atom. The van der Waals surface area contributed by atoms with E-state index in [0.717, 1.165) is 29.9 Å². The van der Waals surface area contributed by atoms with E-state index in [1.54, 1.807) is 35.6 Å². The molecule has 2 heterocycles. The number of benzene rings is 1. The molecular formula is C22H24N2O3S. The van der Waals surface area contributed by atoms with Gasteiger partial charge in [0, 0.05) is 28.4 Å². The fourth-order valence-corrected chi connectivity index (χ4v) is 3.98. The summed E-state index contributed by atoms with van der Waals surface area (Å²) in [5.74, 6) is 0.0950. The lowest BCUT2D eigenvalue weighted by Crippen LogP contribution is -2.15. The molecule has 6 heteroatoms. The summed E-state index contributed by atoms with van der Waals surface area (Å²) in [4.78, 5) is 25.1. The SMILES string of the molecule is Cc1cc(C(=O)COc2cccc(CC(N)=O)c2)c(C)n1CCc1cccs1. The first-order chi connectivity index (χ1) is 13.4. The van der Waals surface area contributed by atoms with Crippen molar-refractivity contribution in [3.8, 4) is 5.75 Å². The summed E-state index contributed by atoms with van der Waals surface area (Å²) in [5, 5.41) is 2.08. The van der Waals surface area contributed by atoms with Crippen LogP contribution in [0.4, 0.5) is 0 Å². The summed E-state index contributed by atoms with van der Waals surface area (Å²) in [6, 6.07) is 13.2. The molecule has 0 fully saturated rings. The van der Waals surface area contributed by atoms with Crippen molar-refractivity contribution in [3.63, 3.8) is 0 Å². The molecule has 0 aliphatic rings. The third-order valence-electron chi connectivity index (χ3n) is 4.68. The van der Waals surface area contributed by atoms with Gasteiger partial charge in [0.2, 0.25) is 11.7 Å². The van der Waals surface area contributed by atoms with Crippen LogP contribution < -0.4 is 10.5 Å². The van der Waals surface area contributed by atoms with Crippen molar-refractivity contribution < 1.29 is 14.3 Å². The topological polar surface area (TPSA) is 74.3 Å². The van der Waals surface area contributed by atoms with E-state index >= 15 is 0 Å². The van der Waals surface area contributed by atoms with Gasteiger partial charge in [0.25, 0.3) is 0 Å². The normalized spacial score (nSPS) is 10.8. The number of amides is 1. The molecule has 0 bridgehead atoms. The molecule has 5 nitrogen and oxygen atoms in total. The van der Waals surface area contributed by atoms with Crippen LogP contribution in [0.5, 0.6) is 5.75 Å². The predicted molar refractivity (Wildman–Crippen MR) is 111 cm³/mol. The fraction of sp³-hybridized carbons (Fsp3) is 0.273. The summed E-state index contributed by atoms with van der Waals surface area (Å²) in [5.41, 5.74) is 8.72. The molecule has 0 saturated carbocycles. The Hall–Kier alpha value is -2.86. The first-order valence-electron chi connectivity index (χ1n) is 9.16. The Kier molecular flexibility index (Phi) is 6.31. The zero-order valence-corrected chi connectivity index (χ0v) is 16.9. The minimum atomic E-state index is -0.400. The van der Waals surface area contributed by atoms with E-state index in [0.29, 0.717) is 11.3 Å². The Morgan fingerprint density at radius 2 is 1.96 bits per heavy atom. The maximum Gasteiger partial charge on any atom is 0.221 e. The predicted octanol–water partition coefficient (Wildman–Crippen LogP) is 3.70. The zero-order valence-electron chi connectivity index (χ0n) is 16.1. The number of ketones is 1. The molecule has 0 unspecified atom stereocenters. The molecule has 0 saturated heterocycles. The molecule has 3 aromatic rings. The quantitative estimate of drug-likeness (QED) is 0.561. The number of aromatic nitrogens is 1. The summed E-state index contributed by atoms with van der Waals surface area (Å²) < 4.78 is 7.84. The van der Waals surface area contributed by atoms with Gasteiger partial charge in [-0.3, -0.25) is 9.59 Å². The van der Waals surface area contributed by atoms with Crippen LogP contribution in [-0.4, -0.2) is 22.9 Å². The molecular weight excluding hydrogens is 372 g/mol. The summed E-state index contributed by atoms with van der Waals surface area (Å²) in [6.07, 6.45) is 1.10. The van der Waals surface area contributed by atoms with Gasteiger partial charge in [-0.25, -0.2) is 0 Å². The highest BCUT2D eigenvalue weighted by atomic mass is 32.1. The van der Waals surface area contributed by atoms with Crippen LogP contribution in [0.25, 0.3) is 0 Å². The average molecular weight is 397 g/mol. The standard InChI is InChI=1S/C22H24N2O3S/c1-15-11-20(16(2)24(15)9-8-19-7-4-10-28-19)21(25)14-27-18-6-3-5-17(12-18)13-22(23)26/h3-7,10-12H,8-9,13-14H2,1-2H3,(H2,23,26). The van der Waals surface area contributed by atoms with E-state index in [1.807, 2.05) is 19.9 Å². The average Bonchev–Trinajstić information content (AvgIpc) is 3.26. The number of carbonyl (C=O) groups is 2. The Bertz CT molecular complexity index is 974. The lowest BCUT2D eigenvalue weighted by molar-refractivity contribution is -0.117. The van der Waals surface area contributed by atoms with Crippen molar-refractivity contribution in [2.24, 2.45) is 5.73 Å². The Morgan fingerprint density at radius 3 is 2.68 bits per heavy atom. The molecule has 0 atom stereocenters. The number of hydrogen-bond acceptors (Lipinski definition) is 4. The molecule has 1 amide bonds. The van der Waals surface area contributed by atoms with E-state index in [9.17, 15) is 9.59 Å². The Balaban J connectivity index is 1.64. The maximum absolute atomic E-state index is 12.7. The summed E-state index contributed by atoms with van der Waals surface area (Å²) in [6.45, 7) is 4.80. The molecule has 0 spiro atoms. The van der Waals surface area contributed by atoms with Crippen LogP contribution in [0.2, 0.25) is 0 Å². The van der Waals surface area contributed by atoms with Crippen molar-refractivity contribution in [1.29, 1.82) is 0 Å². The number of aryl methyl sites for hydroxylation is 2. The zero-order chi connectivity index (χ0) is 20.1. The first-order valence-corrected chi connectivity index (χ1v) is 10.0. The van der Waals surface area contributed by atoms with E-state index < -0.39 is 5.91 Å². The second kappa shape index (κ2) is 8.89. The highest BCUT2D eigenvalue weighted by molar-refractivity contribution is 7.09. The van der Waals surface area contributed by atoms with E-state index in [-0.39, 0.29) is 18.8 Å². The third-order valence-corrected chi connectivity index (χ3v) is 5.62. The minimum Gasteiger partial charge on any atom is -0.485 e. The van der Waals surface area contributed by atoms with Crippen molar-refractivity contribution in [2.75, 3.05) is 6.61 Å². The molecule has 2 aromatic heterocycles. The van der Waals surface area contributed by atoms with Crippen LogP contribution in [-0.2, 0) is 24.2 Å². The van der Waals surface area contributed by atoms with Gasteiger partial charge in [-0.05, 0) is 55.5 Å². The van der Waals surface area contributed by atoms with Gasteiger partial charge >= 0.3 is 0 Å². The summed E-state index contributed by atoms with van der Waals surface area (Å²) >= 11 is 1.75. The highest BCUT2D eigenvalue weighted by Crippen LogP contribution is 2.19. The number of nitrogens with two attached hydrogens (primary N) is 1. The van der Waals surface area contributed by atoms with Crippen molar-refractivity contribution in [2.45, 2.75) is 33.2 Å². The van der Waals surface area contributed by atoms with E-state index in [4.69, 9.17) is 10.5 Å². The first kappa shape index (κ1) is 19.9. The number of primary amides is 1. The van der Waals surface area contributed by atoms with Crippen LogP contribution in [0.15, 0.2) is 47.8 Å². The number of ether oxygens (including phenoxy) is 1. The van der Waals surface area contributed by atoms with Gasteiger partial charge in [-0.2, -0.15) is 0 Å². The number of nitrogens with zero attached hydrogens (tertiary/aromatic N) is 1. The number of hydrogen-bond donors (Lipinski definition) is 1. The third kappa shape index (κ3) is 4.89. The molecule has 28 heavy (non-hydrogen) atoms. The minimum absolute atomic E-state index is 0.0464. The number of rotatable bonds is 9. The largest absolute Gasteiger partial charge is 0.485 e. The van der Waals surface area contributed by atoms with E-state index in [2.05, 4.69) is 22.1 Å². The molecule has 146 valence electrons. The molecule has 0 aliphatic carbocycles. The number of carbonyl (C=O) groups excluding carboxylic acids is 2. The molecule has 1 aromatic carbocycles. The molecule has 0 aliphatic heterocycles. The van der Waals surface area contributed by atoms with Crippen molar-refractivity contribution >= 4 is 23.0 Å². The molecule has 3 rings (SSSR count). The van der Waals surface area contributed by atoms with Crippen LogP contribution in [0.1, 0.15) is 32.2 Å². The van der Waals surface area contributed by atoms with Crippen LogP contribution >= 0.6 is 11.3 Å². The second-order valence-electron chi connectivity index (χ2n) is 6.77.